The molecule has 2 heterocycles. The van der Waals surface area contributed by atoms with Crippen LogP contribution < -0.4 is 11.1 Å². The Morgan fingerprint density at radius 3 is 2.84 bits per heavy atom. The number of nitrogens with zero attached hydrogens (tertiary/aromatic N) is 2. The maximum Gasteiger partial charge on any atom is 0.149 e. The van der Waals surface area contributed by atoms with E-state index < -0.39 is 0 Å². The molecule has 0 unspecified atom stereocenters. The first-order chi connectivity index (χ1) is 9.07. The fraction of sp³-hybridized carbons (Fsp3) is 0.538. The summed E-state index contributed by atoms with van der Waals surface area (Å²) in [4.78, 5) is 4.52. The SMILES string of the molecule is Cc1csc(-c2c(N)nsc2NCC2(C)CCC2)n1. The predicted octanol–water partition coefficient (Wildman–Crippen LogP) is 3.76. The minimum atomic E-state index is 0.439. The number of nitrogen functional groups attached to an aromatic ring is 1. The van der Waals surface area contributed by atoms with E-state index in [1.807, 2.05) is 12.3 Å². The van der Waals surface area contributed by atoms with Crippen LogP contribution in [0.25, 0.3) is 10.6 Å². The first-order valence-corrected chi connectivity index (χ1v) is 8.14. The monoisotopic (exact) mass is 294 g/mol. The zero-order chi connectivity index (χ0) is 13.5. The molecule has 1 saturated carbocycles. The number of aryl methyl sites for hydroxylation is 1. The van der Waals surface area contributed by atoms with E-state index in [9.17, 15) is 0 Å². The molecule has 2 aromatic heterocycles. The summed E-state index contributed by atoms with van der Waals surface area (Å²) >= 11 is 3.06. The number of hydrogen-bond acceptors (Lipinski definition) is 6. The Morgan fingerprint density at radius 2 is 2.26 bits per heavy atom. The number of nitrogens with two attached hydrogens (primary N) is 1. The van der Waals surface area contributed by atoms with Crippen molar-refractivity contribution < 1.29 is 0 Å². The van der Waals surface area contributed by atoms with Crippen molar-refractivity contribution in [3.63, 3.8) is 0 Å². The molecule has 6 heteroatoms. The highest BCUT2D eigenvalue weighted by atomic mass is 32.1. The van der Waals surface area contributed by atoms with Crippen LogP contribution in [0.15, 0.2) is 5.38 Å². The molecule has 0 amide bonds. The van der Waals surface area contributed by atoms with E-state index in [0.29, 0.717) is 11.2 Å². The largest absolute Gasteiger partial charge is 0.382 e. The van der Waals surface area contributed by atoms with E-state index in [1.54, 1.807) is 11.3 Å². The van der Waals surface area contributed by atoms with Gasteiger partial charge in [0.2, 0.25) is 0 Å². The van der Waals surface area contributed by atoms with E-state index in [2.05, 4.69) is 21.6 Å². The van der Waals surface area contributed by atoms with Crippen LogP contribution in [0.2, 0.25) is 0 Å². The molecule has 0 aliphatic heterocycles. The zero-order valence-corrected chi connectivity index (χ0v) is 12.8. The summed E-state index contributed by atoms with van der Waals surface area (Å²) in [5.41, 5.74) is 8.44. The van der Waals surface area contributed by atoms with Crippen molar-refractivity contribution in [2.75, 3.05) is 17.6 Å². The van der Waals surface area contributed by atoms with Crippen molar-refractivity contribution in [3.8, 4) is 10.6 Å². The topological polar surface area (TPSA) is 63.8 Å². The summed E-state index contributed by atoms with van der Waals surface area (Å²) in [6, 6.07) is 0. The van der Waals surface area contributed by atoms with Gasteiger partial charge in [-0.2, -0.15) is 4.37 Å². The lowest BCUT2D eigenvalue weighted by atomic mass is 9.70. The summed E-state index contributed by atoms with van der Waals surface area (Å²) in [6.07, 6.45) is 3.96. The number of rotatable bonds is 4. The maximum atomic E-state index is 5.99. The van der Waals surface area contributed by atoms with Gasteiger partial charge in [0.05, 0.1) is 5.56 Å². The Labute approximate surface area is 121 Å². The Hall–Kier alpha value is -1.14. The van der Waals surface area contributed by atoms with Gasteiger partial charge in [-0.1, -0.05) is 13.3 Å². The van der Waals surface area contributed by atoms with Crippen LogP contribution in [0.1, 0.15) is 31.9 Å². The lowest BCUT2D eigenvalue weighted by molar-refractivity contribution is 0.180. The van der Waals surface area contributed by atoms with Crippen LogP contribution in [0.3, 0.4) is 0 Å². The maximum absolute atomic E-state index is 5.99. The smallest absolute Gasteiger partial charge is 0.149 e. The van der Waals surface area contributed by atoms with E-state index in [1.165, 1.54) is 30.8 Å². The molecule has 3 rings (SSSR count). The van der Waals surface area contributed by atoms with Crippen molar-refractivity contribution in [1.82, 2.24) is 9.36 Å². The summed E-state index contributed by atoms with van der Waals surface area (Å²) in [5, 5.41) is 7.59. The fourth-order valence-corrected chi connectivity index (χ4v) is 3.98. The van der Waals surface area contributed by atoms with Gasteiger partial charge in [0.25, 0.3) is 0 Å². The molecule has 0 saturated heterocycles. The number of nitrogens with one attached hydrogen (secondary N) is 1. The molecule has 0 atom stereocenters. The first-order valence-electron chi connectivity index (χ1n) is 6.49. The quantitative estimate of drug-likeness (QED) is 0.901. The molecular weight excluding hydrogens is 276 g/mol. The van der Waals surface area contributed by atoms with Crippen LogP contribution >= 0.6 is 22.9 Å². The van der Waals surface area contributed by atoms with Crippen molar-refractivity contribution in [2.24, 2.45) is 5.41 Å². The number of thiazole rings is 1. The van der Waals surface area contributed by atoms with E-state index >= 15 is 0 Å². The van der Waals surface area contributed by atoms with Crippen LogP contribution in [-0.2, 0) is 0 Å². The highest BCUT2D eigenvalue weighted by Gasteiger charge is 2.32. The molecule has 1 aliphatic rings. The van der Waals surface area contributed by atoms with Gasteiger partial charge < -0.3 is 11.1 Å². The second-order valence-corrected chi connectivity index (χ2v) is 7.22. The average Bonchev–Trinajstić information content (AvgIpc) is 2.90. The summed E-state index contributed by atoms with van der Waals surface area (Å²) in [6.45, 7) is 5.32. The fourth-order valence-electron chi connectivity index (χ4n) is 2.35. The van der Waals surface area contributed by atoms with Crippen molar-refractivity contribution in [2.45, 2.75) is 33.1 Å². The third-order valence-corrected chi connectivity index (χ3v) is 5.58. The Kier molecular flexibility index (Phi) is 3.22. The van der Waals surface area contributed by atoms with Gasteiger partial charge in [0, 0.05) is 17.6 Å². The number of aromatic nitrogens is 2. The molecule has 1 aliphatic carbocycles. The van der Waals surface area contributed by atoms with Gasteiger partial charge in [0.1, 0.15) is 15.8 Å². The molecule has 2 aromatic rings. The summed E-state index contributed by atoms with van der Waals surface area (Å²) < 4.78 is 4.27. The van der Waals surface area contributed by atoms with Crippen LogP contribution in [0, 0.1) is 12.3 Å². The van der Waals surface area contributed by atoms with Crippen LogP contribution in [0.5, 0.6) is 0 Å². The zero-order valence-electron chi connectivity index (χ0n) is 11.2. The summed E-state index contributed by atoms with van der Waals surface area (Å²) in [7, 11) is 0. The highest BCUT2D eigenvalue weighted by Crippen LogP contribution is 2.43. The second-order valence-electron chi connectivity index (χ2n) is 5.58. The van der Waals surface area contributed by atoms with Crippen molar-refractivity contribution >= 4 is 33.7 Å². The molecule has 19 heavy (non-hydrogen) atoms. The minimum Gasteiger partial charge on any atom is -0.382 e. The highest BCUT2D eigenvalue weighted by molar-refractivity contribution is 7.15. The predicted molar refractivity (Wildman–Crippen MR) is 82.8 cm³/mol. The van der Waals surface area contributed by atoms with E-state index in [0.717, 1.165) is 27.8 Å². The molecule has 102 valence electrons. The van der Waals surface area contributed by atoms with Crippen molar-refractivity contribution in [3.05, 3.63) is 11.1 Å². The Morgan fingerprint density at radius 1 is 1.47 bits per heavy atom. The van der Waals surface area contributed by atoms with Gasteiger partial charge in [-0.05, 0) is 36.7 Å². The number of hydrogen-bond donors (Lipinski definition) is 2. The lowest BCUT2D eigenvalue weighted by Crippen LogP contribution is -2.33. The first kappa shape index (κ1) is 12.9. The third kappa shape index (κ3) is 2.47. The molecule has 0 bridgehead atoms. The van der Waals surface area contributed by atoms with Crippen LogP contribution in [-0.4, -0.2) is 15.9 Å². The van der Waals surface area contributed by atoms with Gasteiger partial charge in [-0.3, -0.25) is 0 Å². The van der Waals surface area contributed by atoms with E-state index in [-0.39, 0.29) is 0 Å². The van der Waals surface area contributed by atoms with Gasteiger partial charge in [-0.15, -0.1) is 11.3 Å². The molecule has 0 aromatic carbocycles. The number of anilines is 2. The van der Waals surface area contributed by atoms with E-state index in [4.69, 9.17) is 5.73 Å². The second kappa shape index (κ2) is 4.76. The summed E-state index contributed by atoms with van der Waals surface area (Å²) in [5.74, 6) is 0.584. The standard InChI is InChI=1S/C13H18N4S2/c1-8-6-18-12(16-8)9-10(14)17-19-11(9)15-7-13(2)4-3-5-13/h6,15H,3-5,7H2,1-2H3,(H2,14,17). The van der Waals surface area contributed by atoms with Crippen molar-refractivity contribution in [1.29, 1.82) is 0 Å². The molecule has 1 fully saturated rings. The Balaban J connectivity index is 1.82. The molecule has 0 spiro atoms. The Bertz CT molecular complexity index is 583. The van der Waals surface area contributed by atoms with Crippen LogP contribution in [0.4, 0.5) is 10.8 Å². The van der Waals surface area contributed by atoms with Gasteiger partial charge in [0.15, 0.2) is 0 Å². The molecule has 4 nitrogen and oxygen atoms in total. The van der Waals surface area contributed by atoms with Gasteiger partial charge >= 0.3 is 0 Å². The lowest BCUT2D eigenvalue weighted by Gasteiger charge is -2.38. The molecule has 0 radical (unpaired) electrons. The molecule has 3 N–H and O–H groups in total. The minimum absolute atomic E-state index is 0.439. The average molecular weight is 294 g/mol. The van der Waals surface area contributed by atoms with Gasteiger partial charge in [-0.25, -0.2) is 4.98 Å². The normalized spacial score (nSPS) is 17.2. The third-order valence-electron chi connectivity index (χ3n) is 3.79. The molecular formula is C13H18N4S2.